The lowest BCUT2D eigenvalue weighted by molar-refractivity contribution is -0.139. The van der Waals surface area contributed by atoms with Crippen LogP contribution < -0.4 is 11.1 Å². The van der Waals surface area contributed by atoms with Gasteiger partial charge in [0.15, 0.2) is 5.65 Å². The molecule has 32 heavy (non-hydrogen) atoms. The Balaban J connectivity index is 1.66. The molecule has 2 amide bonds. The van der Waals surface area contributed by atoms with Gasteiger partial charge in [0, 0.05) is 24.4 Å². The van der Waals surface area contributed by atoms with Gasteiger partial charge in [-0.05, 0) is 37.5 Å². The summed E-state index contributed by atoms with van der Waals surface area (Å²) in [6.45, 7) is 3.14. The third-order valence-electron chi connectivity index (χ3n) is 5.19. The molecular weight excluding hydrogens is 427 g/mol. The molecule has 3 rings (SSSR count). The van der Waals surface area contributed by atoms with Gasteiger partial charge in [-0.25, -0.2) is 9.50 Å². The first kappa shape index (κ1) is 23.2. The molecule has 170 valence electrons. The van der Waals surface area contributed by atoms with E-state index in [0.29, 0.717) is 17.0 Å². The fourth-order valence-corrected chi connectivity index (χ4v) is 3.54. The second-order valence-electron chi connectivity index (χ2n) is 7.32. The van der Waals surface area contributed by atoms with Crippen molar-refractivity contribution in [1.82, 2.24) is 19.9 Å². The molecule has 2 aromatic heterocycles. The van der Waals surface area contributed by atoms with E-state index in [4.69, 9.17) is 5.73 Å². The zero-order valence-corrected chi connectivity index (χ0v) is 17.4. The van der Waals surface area contributed by atoms with Crippen LogP contribution in [0.15, 0.2) is 30.5 Å². The highest BCUT2D eigenvalue weighted by molar-refractivity contribution is 5.98. The van der Waals surface area contributed by atoms with E-state index in [2.05, 4.69) is 15.4 Å². The van der Waals surface area contributed by atoms with Gasteiger partial charge in [0.05, 0.1) is 17.9 Å². The number of hydrogen-bond acceptors (Lipinski definition) is 5. The fraction of sp³-hybridized carbons (Fsp3) is 0.333. The number of nitrogens with one attached hydrogen (secondary N) is 1. The minimum atomic E-state index is -4.61. The summed E-state index contributed by atoms with van der Waals surface area (Å²) in [5, 5.41) is 16.8. The van der Waals surface area contributed by atoms with Crippen molar-refractivity contribution in [3.05, 3.63) is 64.1 Å². The van der Waals surface area contributed by atoms with Gasteiger partial charge in [-0.15, -0.1) is 0 Å². The largest absolute Gasteiger partial charge is 0.416 e. The Hall–Kier alpha value is -3.47. The zero-order valence-electron chi connectivity index (χ0n) is 17.4. The molecule has 0 spiro atoms. The smallest absolute Gasteiger partial charge is 0.387 e. The number of aromatic nitrogens is 3. The minimum absolute atomic E-state index is 0.0203. The van der Waals surface area contributed by atoms with E-state index in [9.17, 15) is 27.9 Å². The molecule has 1 atom stereocenters. The Morgan fingerprint density at radius 1 is 1.25 bits per heavy atom. The molecule has 0 aliphatic rings. The Labute approximate surface area is 181 Å². The van der Waals surface area contributed by atoms with Crippen molar-refractivity contribution in [2.75, 3.05) is 6.54 Å². The molecule has 0 saturated heterocycles. The van der Waals surface area contributed by atoms with E-state index < -0.39 is 29.7 Å². The molecule has 0 aliphatic carbocycles. The van der Waals surface area contributed by atoms with Crippen molar-refractivity contribution in [2.24, 2.45) is 5.73 Å². The Morgan fingerprint density at radius 3 is 2.59 bits per heavy atom. The van der Waals surface area contributed by atoms with Crippen LogP contribution >= 0.6 is 0 Å². The van der Waals surface area contributed by atoms with Crippen molar-refractivity contribution in [3.63, 3.8) is 0 Å². The molecule has 0 bridgehead atoms. The highest BCUT2D eigenvalue weighted by Crippen LogP contribution is 2.34. The fourth-order valence-electron chi connectivity index (χ4n) is 3.54. The van der Waals surface area contributed by atoms with Crippen molar-refractivity contribution >= 4 is 17.5 Å². The lowest BCUT2D eigenvalue weighted by Gasteiger charge is -2.18. The summed E-state index contributed by atoms with van der Waals surface area (Å²) in [6, 6.07) is 4.69. The predicted octanol–water partition coefficient (Wildman–Crippen LogP) is 2.25. The number of nitrogens with two attached hydrogens (primary N) is 1. The molecule has 0 radical (unpaired) electrons. The number of alkyl halides is 3. The van der Waals surface area contributed by atoms with E-state index in [0.717, 1.165) is 11.6 Å². The van der Waals surface area contributed by atoms with E-state index in [-0.39, 0.29) is 30.5 Å². The number of nitrogens with zero attached hydrogens (tertiary/aromatic N) is 3. The van der Waals surface area contributed by atoms with Crippen molar-refractivity contribution in [3.8, 4) is 0 Å². The summed E-state index contributed by atoms with van der Waals surface area (Å²) >= 11 is 0. The average molecular weight is 449 g/mol. The summed E-state index contributed by atoms with van der Waals surface area (Å²) in [5.41, 5.74) is 6.63. The maximum absolute atomic E-state index is 13.1. The van der Waals surface area contributed by atoms with Crippen LogP contribution in [0.2, 0.25) is 0 Å². The Bertz CT molecular complexity index is 1170. The van der Waals surface area contributed by atoms with Crippen molar-refractivity contribution in [1.29, 1.82) is 0 Å². The lowest BCUT2D eigenvalue weighted by Crippen LogP contribution is -2.29. The van der Waals surface area contributed by atoms with E-state index in [1.54, 1.807) is 13.8 Å². The molecule has 1 unspecified atom stereocenters. The number of carbonyl (C=O) groups excluding carboxylic acids is 2. The lowest BCUT2D eigenvalue weighted by atomic mass is 10.0. The summed E-state index contributed by atoms with van der Waals surface area (Å²) in [5.74, 6) is -1.09. The van der Waals surface area contributed by atoms with Crippen molar-refractivity contribution in [2.45, 2.75) is 39.0 Å². The molecule has 0 saturated carbocycles. The predicted molar refractivity (Wildman–Crippen MR) is 109 cm³/mol. The molecular formula is C21H22F3N5O3. The molecule has 2 heterocycles. The molecule has 0 aliphatic heterocycles. The van der Waals surface area contributed by atoms with E-state index in [1.165, 1.54) is 28.9 Å². The maximum Gasteiger partial charge on any atom is 0.416 e. The second-order valence-corrected chi connectivity index (χ2v) is 7.32. The second kappa shape index (κ2) is 8.95. The minimum Gasteiger partial charge on any atom is -0.387 e. The van der Waals surface area contributed by atoms with Crippen LogP contribution in [-0.4, -0.2) is 38.1 Å². The van der Waals surface area contributed by atoms with E-state index >= 15 is 0 Å². The van der Waals surface area contributed by atoms with Crippen LogP contribution in [0.25, 0.3) is 5.65 Å². The van der Waals surface area contributed by atoms with Crippen LogP contribution in [0.3, 0.4) is 0 Å². The third-order valence-corrected chi connectivity index (χ3v) is 5.19. The van der Waals surface area contributed by atoms with Gasteiger partial charge in [-0.3, -0.25) is 9.59 Å². The number of fused-ring (bicyclic) bond motifs is 1. The molecule has 8 nitrogen and oxygen atoms in total. The number of aliphatic hydroxyl groups is 1. The number of halogens is 3. The number of carbonyl (C=O) groups is 2. The quantitative estimate of drug-likeness (QED) is 0.511. The average Bonchev–Trinajstić information content (AvgIpc) is 3.15. The number of rotatable bonds is 7. The van der Waals surface area contributed by atoms with Gasteiger partial charge in [0.2, 0.25) is 5.91 Å². The Kier molecular flexibility index (Phi) is 6.49. The van der Waals surface area contributed by atoms with Gasteiger partial charge < -0.3 is 16.2 Å². The highest BCUT2D eigenvalue weighted by Gasteiger charge is 2.34. The number of benzene rings is 1. The normalized spacial score (nSPS) is 12.7. The molecule has 3 aromatic rings. The summed E-state index contributed by atoms with van der Waals surface area (Å²) in [4.78, 5) is 28.1. The SMILES string of the molecule is Cc1nc2c(C(N)=O)cnn2c(C)c1CCC(=O)NCC(O)c1ccccc1C(F)(F)F. The first-order valence-electron chi connectivity index (χ1n) is 9.75. The van der Waals surface area contributed by atoms with Gasteiger partial charge in [0.25, 0.3) is 5.91 Å². The summed E-state index contributed by atoms with van der Waals surface area (Å²) in [6.07, 6.45) is -4.48. The molecule has 4 N–H and O–H groups in total. The Morgan fingerprint density at radius 2 is 1.94 bits per heavy atom. The van der Waals surface area contributed by atoms with Crippen molar-refractivity contribution < 1.29 is 27.9 Å². The van der Waals surface area contributed by atoms with Gasteiger partial charge >= 0.3 is 6.18 Å². The van der Waals surface area contributed by atoms with Crippen LogP contribution in [0, 0.1) is 13.8 Å². The number of aliphatic hydroxyl groups excluding tert-OH is 1. The number of hydrogen-bond donors (Lipinski definition) is 3. The first-order chi connectivity index (χ1) is 15.0. The van der Waals surface area contributed by atoms with Gasteiger partial charge in [-0.2, -0.15) is 18.3 Å². The topological polar surface area (TPSA) is 123 Å². The monoisotopic (exact) mass is 449 g/mol. The van der Waals surface area contributed by atoms with Crippen LogP contribution in [-0.2, 0) is 17.4 Å². The van der Waals surface area contributed by atoms with Crippen LogP contribution in [0.4, 0.5) is 13.2 Å². The molecule has 1 aromatic carbocycles. The van der Waals surface area contributed by atoms with Gasteiger partial charge in [0.1, 0.15) is 5.56 Å². The highest BCUT2D eigenvalue weighted by atomic mass is 19.4. The van der Waals surface area contributed by atoms with E-state index in [1.807, 2.05) is 0 Å². The molecule has 11 heteroatoms. The van der Waals surface area contributed by atoms with Crippen LogP contribution in [0.1, 0.15) is 51.0 Å². The molecule has 0 fully saturated rings. The third kappa shape index (κ3) is 4.72. The zero-order chi connectivity index (χ0) is 23.6. The maximum atomic E-state index is 13.1. The van der Waals surface area contributed by atoms with Crippen LogP contribution in [0.5, 0.6) is 0 Å². The number of aryl methyl sites for hydroxylation is 2. The summed E-state index contributed by atoms with van der Waals surface area (Å²) < 4.78 is 40.8. The number of primary amides is 1. The standard InChI is InChI=1S/C21H22F3N5O3/c1-11-13(12(2)29-20(28-11)15(9-27-29)19(25)32)7-8-18(31)26-10-17(30)14-5-3-4-6-16(14)21(22,23)24/h3-6,9,17,30H,7-8,10H2,1-2H3,(H2,25,32)(H,26,31). The first-order valence-corrected chi connectivity index (χ1v) is 9.75. The van der Waals surface area contributed by atoms with Gasteiger partial charge in [-0.1, -0.05) is 18.2 Å². The summed E-state index contributed by atoms with van der Waals surface area (Å²) in [7, 11) is 0. The number of amides is 2.